The van der Waals surface area contributed by atoms with Gasteiger partial charge in [0.25, 0.3) is 0 Å². The van der Waals surface area contributed by atoms with Gasteiger partial charge in [0.05, 0.1) is 6.61 Å². The minimum atomic E-state index is -5.54. The van der Waals surface area contributed by atoms with Crippen LogP contribution < -0.4 is 0 Å². The summed E-state index contributed by atoms with van der Waals surface area (Å²) in [5.74, 6) is 0. The topological polar surface area (TPSA) is 43.4 Å². The molecule has 0 fully saturated rings. The van der Waals surface area contributed by atoms with Gasteiger partial charge in [0.2, 0.25) is 0 Å². The Morgan fingerprint density at radius 1 is 1.06 bits per heavy atom. The van der Waals surface area contributed by atoms with Gasteiger partial charge in [0.15, 0.2) is 0 Å². The quantitative estimate of drug-likeness (QED) is 0.632. The molecule has 0 bridgehead atoms. The summed E-state index contributed by atoms with van der Waals surface area (Å²) in [5.41, 5.74) is -2.43. The Kier molecular flexibility index (Phi) is 4.07. The van der Waals surface area contributed by atoms with E-state index in [0.717, 1.165) is 11.1 Å². The highest BCUT2D eigenvalue weighted by molar-refractivity contribution is 7.87. The van der Waals surface area contributed by atoms with Crippen molar-refractivity contribution in [2.24, 2.45) is 0 Å². The van der Waals surface area contributed by atoms with Crippen LogP contribution in [0.25, 0.3) is 0 Å². The van der Waals surface area contributed by atoms with Crippen LogP contribution in [0.2, 0.25) is 0 Å². The first-order chi connectivity index (χ1) is 8.04. The molecule has 7 heteroatoms. The molecule has 0 aliphatic heterocycles. The van der Waals surface area contributed by atoms with E-state index < -0.39 is 22.2 Å². The fraction of sp³-hybridized carbons (Fsp3) is 0.455. The molecule has 1 aromatic carbocycles. The molecule has 0 saturated heterocycles. The molecular weight excluding hydrogens is 269 g/mol. The molecule has 0 N–H and O–H groups in total. The SMILES string of the molecule is Cc1cc(C)c(COS(=O)(=O)C(F)(F)F)cc1C. The summed E-state index contributed by atoms with van der Waals surface area (Å²) in [7, 11) is -5.54. The minimum Gasteiger partial charge on any atom is -0.258 e. The lowest BCUT2D eigenvalue weighted by molar-refractivity contribution is -0.0548. The maximum Gasteiger partial charge on any atom is 0.523 e. The molecule has 0 aromatic heterocycles. The van der Waals surface area contributed by atoms with Crippen LogP contribution in [0.4, 0.5) is 13.2 Å². The van der Waals surface area contributed by atoms with Crippen molar-refractivity contribution in [3.8, 4) is 0 Å². The van der Waals surface area contributed by atoms with Gasteiger partial charge in [-0.1, -0.05) is 12.1 Å². The van der Waals surface area contributed by atoms with Crippen LogP contribution in [0.15, 0.2) is 12.1 Å². The summed E-state index contributed by atoms with van der Waals surface area (Å²) < 4.78 is 61.7. The summed E-state index contributed by atoms with van der Waals surface area (Å²) in [5, 5.41) is 0. The van der Waals surface area contributed by atoms with E-state index in [9.17, 15) is 21.6 Å². The Balaban J connectivity index is 2.92. The Morgan fingerprint density at radius 3 is 2.06 bits per heavy atom. The van der Waals surface area contributed by atoms with E-state index in [0.29, 0.717) is 11.1 Å². The maximum atomic E-state index is 12.1. The van der Waals surface area contributed by atoms with Gasteiger partial charge in [-0.2, -0.15) is 21.6 Å². The summed E-state index contributed by atoms with van der Waals surface area (Å²) in [6, 6.07) is 3.39. The van der Waals surface area contributed by atoms with Gasteiger partial charge in [0, 0.05) is 0 Å². The Morgan fingerprint density at radius 2 is 1.56 bits per heavy atom. The standard InChI is InChI=1S/C11H13F3O3S/c1-7-4-9(3)10(5-8(7)2)6-17-18(15,16)11(12,13)14/h4-5H,6H2,1-3H3. The monoisotopic (exact) mass is 282 g/mol. The second-order valence-electron chi connectivity index (χ2n) is 4.03. The Labute approximate surface area is 104 Å². The number of benzene rings is 1. The van der Waals surface area contributed by atoms with Crippen molar-refractivity contribution in [3.05, 3.63) is 34.4 Å². The summed E-state index contributed by atoms with van der Waals surface area (Å²) in [6.45, 7) is 4.72. The highest BCUT2D eigenvalue weighted by atomic mass is 32.2. The average Bonchev–Trinajstić information content (AvgIpc) is 2.20. The molecule has 0 amide bonds. The molecule has 0 saturated carbocycles. The molecule has 0 atom stereocenters. The molecule has 0 heterocycles. The lowest BCUT2D eigenvalue weighted by Gasteiger charge is -2.11. The molecule has 0 radical (unpaired) electrons. The van der Waals surface area contributed by atoms with Gasteiger partial charge in [-0.3, -0.25) is 4.18 Å². The van der Waals surface area contributed by atoms with Crippen LogP contribution in [0, 0.1) is 20.8 Å². The van der Waals surface area contributed by atoms with Crippen molar-refractivity contribution < 1.29 is 25.8 Å². The number of halogens is 3. The Hall–Kier alpha value is -1.08. The van der Waals surface area contributed by atoms with E-state index in [2.05, 4.69) is 4.18 Å². The van der Waals surface area contributed by atoms with Gasteiger partial charge < -0.3 is 0 Å². The van der Waals surface area contributed by atoms with Crippen molar-refractivity contribution in [2.75, 3.05) is 0 Å². The van der Waals surface area contributed by atoms with Gasteiger partial charge in [-0.15, -0.1) is 0 Å². The molecule has 1 rings (SSSR count). The van der Waals surface area contributed by atoms with E-state index in [4.69, 9.17) is 0 Å². The zero-order chi connectivity index (χ0) is 14.1. The predicted molar refractivity (Wildman–Crippen MR) is 60.4 cm³/mol. The fourth-order valence-electron chi connectivity index (χ4n) is 1.38. The molecule has 102 valence electrons. The molecule has 0 aliphatic carbocycles. The number of alkyl halides is 3. The third kappa shape index (κ3) is 3.23. The van der Waals surface area contributed by atoms with E-state index in [-0.39, 0.29) is 0 Å². The normalized spacial score (nSPS) is 12.8. The van der Waals surface area contributed by atoms with Crippen molar-refractivity contribution in [3.63, 3.8) is 0 Å². The number of hydrogen-bond acceptors (Lipinski definition) is 3. The first-order valence-corrected chi connectivity index (χ1v) is 6.48. The summed E-state index contributed by atoms with van der Waals surface area (Å²) >= 11 is 0. The second kappa shape index (κ2) is 4.89. The van der Waals surface area contributed by atoms with Gasteiger partial charge >= 0.3 is 15.6 Å². The zero-order valence-corrected chi connectivity index (χ0v) is 10.9. The highest BCUT2D eigenvalue weighted by Crippen LogP contribution is 2.26. The number of rotatable bonds is 3. The largest absolute Gasteiger partial charge is 0.523 e. The molecule has 3 nitrogen and oxygen atoms in total. The highest BCUT2D eigenvalue weighted by Gasteiger charge is 2.47. The smallest absolute Gasteiger partial charge is 0.258 e. The third-order valence-corrected chi connectivity index (χ3v) is 3.60. The Bertz CT molecular complexity index is 547. The van der Waals surface area contributed by atoms with Crippen molar-refractivity contribution in [1.82, 2.24) is 0 Å². The van der Waals surface area contributed by atoms with Crippen LogP contribution in [0.3, 0.4) is 0 Å². The summed E-state index contributed by atoms with van der Waals surface area (Å²) in [4.78, 5) is 0. The molecule has 0 spiro atoms. The maximum absolute atomic E-state index is 12.1. The summed E-state index contributed by atoms with van der Waals surface area (Å²) in [6.07, 6.45) is 0. The fourth-order valence-corrected chi connectivity index (χ4v) is 1.80. The molecular formula is C11H13F3O3S. The lowest BCUT2D eigenvalue weighted by atomic mass is 10.0. The lowest BCUT2D eigenvalue weighted by Crippen LogP contribution is -2.25. The van der Waals surface area contributed by atoms with Gasteiger partial charge in [-0.25, -0.2) is 0 Å². The van der Waals surface area contributed by atoms with Crippen molar-refractivity contribution in [2.45, 2.75) is 32.9 Å². The molecule has 1 aromatic rings. The number of hydrogen-bond donors (Lipinski definition) is 0. The second-order valence-corrected chi connectivity index (χ2v) is 5.63. The van der Waals surface area contributed by atoms with Crippen LogP contribution >= 0.6 is 0 Å². The van der Waals surface area contributed by atoms with Crippen LogP contribution in [0.1, 0.15) is 22.3 Å². The molecule has 18 heavy (non-hydrogen) atoms. The number of aryl methyl sites for hydroxylation is 3. The first-order valence-electron chi connectivity index (χ1n) is 5.07. The third-order valence-electron chi connectivity index (χ3n) is 2.61. The van der Waals surface area contributed by atoms with Gasteiger partial charge in [0.1, 0.15) is 0 Å². The molecule has 0 aliphatic rings. The van der Waals surface area contributed by atoms with E-state index in [1.54, 1.807) is 26.0 Å². The molecule has 0 unspecified atom stereocenters. The first kappa shape index (κ1) is 15.0. The van der Waals surface area contributed by atoms with Crippen LogP contribution in [-0.2, 0) is 20.9 Å². The zero-order valence-electron chi connectivity index (χ0n) is 10.1. The van der Waals surface area contributed by atoms with Crippen molar-refractivity contribution in [1.29, 1.82) is 0 Å². The van der Waals surface area contributed by atoms with Crippen molar-refractivity contribution >= 4 is 10.1 Å². The minimum absolute atomic E-state index is 0.422. The van der Waals surface area contributed by atoms with Crippen LogP contribution in [0.5, 0.6) is 0 Å². The predicted octanol–water partition coefficient (Wildman–Crippen LogP) is 2.98. The van der Waals surface area contributed by atoms with Gasteiger partial charge in [-0.05, 0) is 43.0 Å². The van der Waals surface area contributed by atoms with E-state index in [1.165, 1.54) is 0 Å². The average molecular weight is 282 g/mol. The van der Waals surface area contributed by atoms with E-state index in [1.807, 2.05) is 6.92 Å². The van der Waals surface area contributed by atoms with E-state index >= 15 is 0 Å². The van der Waals surface area contributed by atoms with Crippen LogP contribution in [-0.4, -0.2) is 13.9 Å².